The summed E-state index contributed by atoms with van der Waals surface area (Å²) in [4.78, 5) is 2.60. The van der Waals surface area contributed by atoms with E-state index >= 15 is 0 Å². The second-order valence-corrected chi connectivity index (χ2v) is 5.97. The van der Waals surface area contributed by atoms with Crippen molar-refractivity contribution in [1.29, 1.82) is 0 Å². The predicted molar refractivity (Wildman–Crippen MR) is 70.9 cm³/mol. The number of fused-ring (bicyclic) bond motifs is 1. The molecule has 74 valence electrons. The molecule has 0 saturated carbocycles. The third kappa shape index (κ3) is 1.83. The maximum Gasteiger partial charge on any atom is 0.0579 e. The summed E-state index contributed by atoms with van der Waals surface area (Å²) in [5.74, 6) is 0.604. The van der Waals surface area contributed by atoms with Gasteiger partial charge in [0.25, 0.3) is 0 Å². The molecule has 0 bridgehead atoms. The Labute approximate surface area is 105 Å². The second kappa shape index (κ2) is 4.44. The Kier molecular flexibility index (Phi) is 3.42. The van der Waals surface area contributed by atoms with Crippen molar-refractivity contribution in [3.8, 4) is 0 Å². The molecule has 0 aliphatic rings. The van der Waals surface area contributed by atoms with Gasteiger partial charge in [-0.3, -0.25) is 0 Å². The number of hydrogen-bond acceptors (Lipinski definition) is 2. The number of benzene rings is 1. The van der Waals surface area contributed by atoms with Gasteiger partial charge in [-0.15, -0.1) is 34.7 Å². The lowest BCUT2D eigenvalue weighted by Crippen LogP contribution is -1.73. The number of hydrogen-bond donors (Lipinski definition) is 0. The number of halogens is 2. The van der Waals surface area contributed by atoms with Crippen molar-refractivity contribution < 1.29 is 0 Å². The van der Waals surface area contributed by atoms with Crippen LogP contribution in [0.15, 0.2) is 27.6 Å². The molecule has 0 saturated heterocycles. The molecular weight excluding hydrogens is 300 g/mol. The van der Waals surface area contributed by atoms with Gasteiger partial charge in [0, 0.05) is 24.3 Å². The van der Waals surface area contributed by atoms with Gasteiger partial charge in [0.05, 0.1) is 5.88 Å². The van der Waals surface area contributed by atoms with Gasteiger partial charge in [-0.2, -0.15) is 0 Å². The highest BCUT2D eigenvalue weighted by Crippen LogP contribution is 2.39. The first-order valence-electron chi connectivity index (χ1n) is 4.07. The van der Waals surface area contributed by atoms with E-state index in [4.69, 9.17) is 11.6 Å². The zero-order chi connectivity index (χ0) is 10.1. The standard InChI is InChI=1S/C10H8BrClS2/c1-13-10-7-3-2-6(11)4-8(7)14-9(10)5-12/h2-4H,5H2,1H3. The summed E-state index contributed by atoms with van der Waals surface area (Å²) in [6.07, 6.45) is 2.10. The molecule has 2 rings (SSSR count). The van der Waals surface area contributed by atoms with E-state index in [0.717, 1.165) is 4.47 Å². The monoisotopic (exact) mass is 306 g/mol. The van der Waals surface area contributed by atoms with E-state index in [1.165, 1.54) is 19.9 Å². The molecule has 2 aromatic rings. The average Bonchev–Trinajstić information content (AvgIpc) is 2.54. The van der Waals surface area contributed by atoms with Crippen molar-refractivity contribution in [3.05, 3.63) is 27.5 Å². The van der Waals surface area contributed by atoms with Crippen molar-refractivity contribution >= 4 is 60.7 Å². The molecule has 0 amide bonds. The number of thiophene rings is 1. The molecular formula is C10H8BrClS2. The first-order valence-corrected chi connectivity index (χ1v) is 7.44. The summed E-state index contributed by atoms with van der Waals surface area (Å²) >= 11 is 12.9. The first kappa shape index (κ1) is 10.8. The predicted octanol–water partition coefficient (Wildman–Crippen LogP) is 5.12. The Morgan fingerprint density at radius 1 is 1.50 bits per heavy atom. The number of thioether (sulfide) groups is 1. The van der Waals surface area contributed by atoms with Crippen molar-refractivity contribution in [2.24, 2.45) is 0 Å². The van der Waals surface area contributed by atoms with E-state index in [9.17, 15) is 0 Å². The van der Waals surface area contributed by atoms with Gasteiger partial charge in [0.15, 0.2) is 0 Å². The minimum atomic E-state index is 0.604. The van der Waals surface area contributed by atoms with Crippen LogP contribution in [0.5, 0.6) is 0 Å². The Bertz CT molecular complexity index is 464. The molecule has 0 atom stereocenters. The highest BCUT2D eigenvalue weighted by atomic mass is 79.9. The lowest BCUT2D eigenvalue weighted by Gasteiger charge is -1.96. The van der Waals surface area contributed by atoms with E-state index < -0.39 is 0 Å². The minimum absolute atomic E-state index is 0.604. The molecule has 0 fully saturated rings. The number of alkyl halides is 1. The van der Waals surface area contributed by atoms with Crippen LogP contribution >= 0.6 is 50.6 Å². The second-order valence-electron chi connectivity index (χ2n) is 2.83. The number of rotatable bonds is 2. The van der Waals surface area contributed by atoms with Crippen LogP contribution in [0.2, 0.25) is 0 Å². The van der Waals surface area contributed by atoms with Gasteiger partial charge in [0.1, 0.15) is 0 Å². The fraction of sp³-hybridized carbons (Fsp3) is 0.200. The van der Waals surface area contributed by atoms with Crippen LogP contribution in [0, 0.1) is 0 Å². The molecule has 0 aliphatic heterocycles. The topological polar surface area (TPSA) is 0 Å². The van der Waals surface area contributed by atoms with Gasteiger partial charge in [0.2, 0.25) is 0 Å². The van der Waals surface area contributed by atoms with Crippen molar-refractivity contribution in [2.75, 3.05) is 6.26 Å². The maximum atomic E-state index is 5.91. The highest BCUT2D eigenvalue weighted by Gasteiger charge is 2.10. The summed E-state index contributed by atoms with van der Waals surface area (Å²) in [5, 5.41) is 1.32. The maximum absolute atomic E-state index is 5.91. The Hall–Kier alpha value is 0.300. The average molecular weight is 308 g/mol. The van der Waals surface area contributed by atoms with Gasteiger partial charge < -0.3 is 0 Å². The van der Waals surface area contributed by atoms with Crippen LogP contribution in [-0.4, -0.2) is 6.26 Å². The Morgan fingerprint density at radius 3 is 2.93 bits per heavy atom. The minimum Gasteiger partial charge on any atom is -0.138 e. The van der Waals surface area contributed by atoms with E-state index in [1.54, 1.807) is 23.1 Å². The lowest BCUT2D eigenvalue weighted by atomic mass is 10.2. The van der Waals surface area contributed by atoms with Gasteiger partial charge in [-0.05, 0) is 18.4 Å². The molecule has 0 nitrogen and oxygen atoms in total. The van der Waals surface area contributed by atoms with E-state index in [1.807, 2.05) is 0 Å². The highest BCUT2D eigenvalue weighted by molar-refractivity contribution is 9.10. The Morgan fingerprint density at radius 2 is 2.29 bits per heavy atom. The summed E-state index contributed by atoms with van der Waals surface area (Å²) in [6, 6.07) is 6.38. The molecule has 0 aliphatic carbocycles. The summed E-state index contributed by atoms with van der Waals surface area (Å²) in [6.45, 7) is 0. The zero-order valence-electron chi connectivity index (χ0n) is 7.51. The van der Waals surface area contributed by atoms with Crippen molar-refractivity contribution in [1.82, 2.24) is 0 Å². The van der Waals surface area contributed by atoms with Crippen LogP contribution in [0.4, 0.5) is 0 Å². The molecule has 1 aromatic carbocycles. The van der Waals surface area contributed by atoms with Crippen molar-refractivity contribution in [3.63, 3.8) is 0 Å². The molecule has 0 N–H and O–H groups in total. The van der Waals surface area contributed by atoms with Crippen LogP contribution < -0.4 is 0 Å². The quantitative estimate of drug-likeness (QED) is 0.548. The first-order chi connectivity index (χ1) is 6.76. The summed E-state index contributed by atoms with van der Waals surface area (Å²) in [7, 11) is 0. The van der Waals surface area contributed by atoms with Crippen LogP contribution in [-0.2, 0) is 5.88 Å². The van der Waals surface area contributed by atoms with Crippen LogP contribution in [0.3, 0.4) is 0 Å². The molecule has 4 heteroatoms. The smallest absolute Gasteiger partial charge is 0.0579 e. The zero-order valence-corrected chi connectivity index (χ0v) is 11.5. The van der Waals surface area contributed by atoms with Crippen LogP contribution in [0.25, 0.3) is 10.1 Å². The summed E-state index contributed by atoms with van der Waals surface area (Å²) in [5.41, 5.74) is 0. The van der Waals surface area contributed by atoms with Gasteiger partial charge >= 0.3 is 0 Å². The van der Waals surface area contributed by atoms with Gasteiger partial charge in [-0.1, -0.05) is 22.0 Å². The molecule has 0 radical (unpaired) electrons. The van der Waals surface area contributed by atoms with E-state index in [-0.39, 0.29) is 0 Å². The van der Waals surface area contributed by atoms with Crippen molar-refractivity contribution in [2.45, 2.75) is 10.8 Å². The lowest BCUT2D eigenvalue weighted by molar-refractivity contribution is 1.40. The summed E-state index contributed by atoms with van der Waals surface area (Å²) < 4.78 is 2.43. The largest absolute Gasteiger partial charge is 0.138 e. The SMILES string of the molecule is CSc1c(CCl)sc2cc(Br)ccc12. The van der Waals surface area contributed by atoms with E-state index in [0.29, 0.717) is 5.88 Å². The molecule has 0 unspecified atom stereocenters. The normalized spacial score (nSPS) is 11.1. The molecule has 14 heavy (non-hydrogen) atoms. The van der Waals surface area contributed by atoms with Crippen LogP contribution in [0.1, 0.15) is 4.88 Å². The van der Waals surface area contributed by atoms with E-state index in [2.05, 4.69) is 40.4 Å². The fourth-order valence-electron chi connectivity index (χ4n) is 1.41. The molecule has 1 aromatic heterocycles. The molecule has 1 heterocycles. The third-order valence-corrected chi connectivity index (χ3v) is 5.08. The molecule has 0 spiro atoms. The Balaban J connectivity index is 2.73. The van der Waals surface area contributed by atoms with Gasteiger partial charge in [-0.25, -0.2) is 0 Å². The third-order valence-electron chi connectivity index (χ3n) is 2.00. The fourth-order valence-corrected chi connectivity index (χ4v) is 4.42.